The third kappa shape index (κ3) is 3.22. The van der Waals surface area contributed by atoms with E-state index in [1.54, 1.807) is 6.26 Å². The molecular formula is C15H17BrClNO. The zero-order valence-corrected chi connectivity index (χ0v) is 13.4. The fourth-order valence-electron chi connectivity index (χ4n) is 2.04. The summed E-state index contributed by atoms with van der Waals surface area (Å²) < 4.78 is 6.56. The smallest absolute Gasteiger partial charge is 0.139 e. The molecule has 102 valence electrons. The molecule has 0 saturated carbocycles. The van der Waals surface area contributed by atoms with Gasteiger partial charge in [-0.15, -0.1) is 0 Å². The van der Waals surface area contributed by atoms with E-state index < -0.39 is 0 Å². The monoisotopic (exact) mass is 341 g/mol. The molecule has 1 atom stereocenters. The summed E-state index contributed by atoms with van der Waals surface area (Å²) in [5.74, 6) is 0.862. The quantitative estimate of drug-likeness (QED) is 0.818. The van der Waals surface area contributed by atoms with Crippen molar-refractivity contribution in [2.24, 2.45) is 0 Å². The lowest BCUT2D eigenvalue weighted by atomic mass is 10.0. The maximum absolute atomic E-state index is 6.44. The molecule has 4 heteroatoms. The van der Waals surface area contributed by atoms with Gasteiger partial charge in [0.1, 0.15) is 5.76 Å². The highest BCUT2D eigenvalue weighted by atomic mass is 79.9. The van der Waals surface area contributed by atoms with E-state index in [9.17, 15) is 0 Å². The van der Waals surface area contributed by atoms with Gasteiger partial charge in [0.15, 0.2) is 0 Å². The van der Waals surface area contributed by atoms with Gasteiger partial charge < -0.3 is 9.73 Å². The minimum Gasteiger partial charge on any atom is -0.466 e. The van der Waals surface area contributed by atoms with Crippen LogP contribution in [0.2, 0.25) is 5.02 Å². The fourth-order valence-corrected chi connectivity index (χ4v) is 2.70. The zero-order valence-electron chi connectivity index (χ0n) is 11.0. The third-order valence-corrected chi connectivity index (χ3v) is 4.21. The van der Waals surface area contributed by atoms with Crippen LogP contribution in [-0.2, 0) is 0 Å². The summed E-state index contributed by atoms with van der Waals surface area (Å²) in [7, 11) is 0. The lowest BCUT2D eigenvalue weighted by molar-refractivity contribution is 0.444. The minimum atomic E-state index is -0.0308. The molecule has 2 rings (SSSR count). The summed E-state index contributed by atoms with van der Waals surface area (Å²) in [5.41, 5.74) is 2.12. The molecule has 0 spiro atoms. The van der Waals surface area contributed by atoms with Crippen molar-refractivity contribution in [3.05, 3.63) is 56.9 Å². The number of rotatable bonds is 5. The minimum absolute atomic E-state index is 0.0308. The van der Waals surface area contributed by atoms with E-state index in [2.05, 4.69) is 28.2 Å². The van der Waals surface area contributed by atoms with Crippen LogP contribution >= 0.6 is 27.5 Å². The molecular weight excluding hydrogens is 326 g/mol. The Labute approximate surface area is 127 Å². The predicted octanol–water partition coefficient (Wildman–Crippen LogP) is 5.09. The predicted molar refractivity (Wildman–Crippen MR) is 82.7 cm³/mol. The number of benzene rings is 1. The van der Waals surface area contributed by atoms with E-state index in [1.165, 1.54) is 0 Å². The first kappa shape index (κ1) is 14.6. The van der Waals surface area contributed by atoms with Crippen molar-refractivity contribution in [3.63, 3.8) is 0 Å². The molecule has 0 amide bonds. The summed E-state index contributed by atoms with van der Waals surface area (Å²) >= 11 is 9.96. The van der Waals surface area contributed by atoms with Crippen molar-refractivity contribution in [3.8, 4) is 0 Å². The molecule has 0 saturated heterocycles. The van der Waals surface area contributed by atoms with Gasteiger partial charge in [0, 0.05) is 5.02 Å². The van der Waals surface area contributed by atoms with E-state index in [-0.39, 0.29) is 6.04 Å². The van der Waals surface area contributed by atoms with Crippen LogP contribution < -0.4 is 5.32 Å². The van der Waals surface area contributed by atoms with Crippen LogP contribution in [0, 0.1) is 6.92 Å². The standard InChI is InChI=1S/C15H17BrClNO/c1-3-8-18-14(15-12(16)7-9-19-15)11-6-4-5-10(2)13(11)17/h4-7,9,14,18H,3,8H2,1-2H3. The molecule has 19 heavy (non-hydrogen) atoms. The summed E-state index contributed by atoms with van der Waals surface area (Å²) in [6, 6.07) is 7.95. The highest BCUT2D eigenvalue weighted by molar-refractivity contribution is 9.10. The molecule has 0 bridgehead atoms. The topological polar surface area (TPSA) is 25.2 Å². The maximum atomic E-state index is 6.44. The van der Waals surface area contributed by atoms with Crippen molar-refractivity contribution in [1.82, 2.24) is 5.32 Å². The number of halogens is 2. The molecule has 2 nitrogen and oxygen atoms in total. The van der Waals surface area contributed by atoms with E-state index >= 15 is 0 Å². The van der Waals surface area contributed by atoms with E-state index in [4.69, 9.17) is 16.0 Å². The van der Waals surface area contributed by atoms with Gasteiger partial charge in [-0.3, -0.25) is 0 Å². The Morgan fingerprint density at radius 2 is 2.16 bits per heavy atom. The number of furan rings is 1. The number of aryl methyl sites for hydroxylation is 1. The number of hydrogen-bond donors (Lipinski definition) is 1. The molecule has 0 radical (unpaired) electrons. The molecule has 0 aliphatic rings. The van der Waals surface area contributed by atoms with Gasteiger partial charge in [-0.2, -0.15) is 0 Å². The van der Waals surface area contributed by atoms with Gasteiger partial charge >= 0.3 is 0 Å². The van der Waals surface area contributed by atoms with Gasteiger partial charge in [-0.1, -0.05) is 36.7 Å². The molecule has 0 aliphatic carbocycles. The Balaban J connectivity index is 2.43. The molecule has 0 aliphatic heterocycles. The normalized spacial score (nSPS) is 12.6. The van der Waals surface area contributed by atoms with Crippen molar-refractivity contribution in [1.29, 1.82) is 0 Å². The lowest BCUT2D eigenvalue weighted by Crippen LogP contribution is -2.23. The van der Waals surface area contributed by atoms with E-state index in [1.807, 2.05) is 31.2 Å². The Kier molecular flexibility index (Phi) is 5.08. The zero-order chi connectivity index (χ0) is 13.8. The van der Waals surface area contributed by atoms with Crippen LogP contribution in [0.5, 0.6) is 0 Å². The number of nitrogens with one attached hydrogen (secondary N) is 1. The summed E-state index contributed by atoms with van der Waals surface area (Å²) in [6.45, 7) is 5.06. The fraction of sp³-hybridized carbons (Fsp3) is 0.333. The molecule has 1 unspecified atom stereocenters. The van der Waals surface area contributed by atoms with Gasteiger partial charge in [0.2, 0.25) is 0 Å². The first-order valence-corrected chi connectivity index (χ1v) is 7.53. The average Bonchev–Trinajstić information content (AvgIpc) is 2.81. The van der Waals surface area contributed by atoms with Gasteiger partial charge in [-0.25, -0.2) is 0 Å². The van der Waals surface area contributed by atoms with Gasteiger partial charge in [-0.05, 0) is 53.0 Å². The Morgan fingerprint density at radius 3 is 2.79 bits per heavy atom. The highest BCUT2D eigenvalue weighted by Gasteiger charge is 2.22. The molecule has 0 fully saturated rings. The van der Waals surface area contributed by atoms with Gasteiger partial charge in [0.05, 0.1) is 16.8 Å². The molecule has 1 aromatic heterocycles. The average molecular weight is 343 g/mol. The first-order valence-electron chi connectivity index (χ1n) is 6.36. The second-order valence-corrected chi connectivity index (χ2v) is 5.73. The SMILES string of the molecule is CCCNC(c1cccc(C)c1Cl)c1occc1Br. The van der Waals surface area contributed by atoms with Crippen molar-refractivity contribution < 1.29 is 4.42 Å². The number of hydrogen-bond acceptors (Lipinski definition) is 2. The molecule has 1 N–H and O–H groups in total. The maximum Gasteiger partial charge on any atom is 0.139 e. The van der Waals surface area contributed by atoms with Crippen molar-refractivity contribution in [2.75, 3.05) is 6.54 Å². The van der Waals surface area contributed by atoms with Crippen LogP contribution in [0.4, 0.5) is 0 Å². The van der Waals surface area contributed by atoms with Crippen LogP contribution in [-0.4, -0.2) is 6.54 Å². The van der Waals surface area contributed by atoms with E-state index in [0.29, 0.717) is 0 Å². The molecule has 1 heterocycles. The summed E-state index contributed by atoms with van der Waals surface area (Å²) in [4.78, 5) is 0. The molecule has 1 aromatic carbocycles. The second kappa shape index (κ2) is 6.60. The van der Waals surface area contributed by atoms with E-state index in [0.717, 1.165) is 39.3 Å². The van der Waals surface area contributed by atoms with Crippen molar-refractivity contribution >= 4 is 27.5 Å². The summed E-state index contributed by atoms with van der Waals surface area (Å²) in [5, 5.41) is 4.28. The Hall–Kier alpha value is -0.770. The second-order valence-electron chi connectivity index (χ2n) is 4.50. The third-order valence-electron chi connectivity index (χ3n) is 3.04. The first-order chi connectivity index (χ1) is 9.15. The van der Waals surface area contributed by atoms with Crippen LogP contribution in [0.1, 0.15) is 36.3 Å². The Bertz CT molecular complexity index is 553. The van der Waals surface area contributed by atoms with Crippen LogP contribution in [0.3, 0.4) is 0 Å². The highest BCUT2D eigenvalue weighted by Crippen LogP contribution is 2.34. The van der Waals surface area contributed by atoms with Crippen LogP contribution in [0.15, 0.2) is 39.4 Å². The van der Waals surface area contributed by atoms with Gasteiger partial charge in [0.25, 0.3) is 0 Å². The van der Waals surface area contributed by atoms with Crippen molar-refractivity contribution in [2.45, 2.75) is 26.3 Å². The van der Waals surface area contributed by atoms with Crippen LogP contribution in [0.25, 0.3) is 0 Å². The Morgan fingerprint density at radius 1 is 1.37 bits per heavy atom. The molecule has 2 aromatic rings. The summed E-state index contributed by atoms with van der Waals surface area (Å²) in [6.07, 6.45) is 2.74. The lowest BCUT2D eigenvalue weighted by Gasteiger charge is -2.19. The largest absolute Gasteiger partial charge is 0.466 e.